The number of carbonyl (C=O) groups is 2. The summed E-state index contributed by atoms with van der Waals surface area (Å²) < 4.78 is 13.4. The Bertz CT molecular complexity index is 926. The van der Waals surface area contributed by atoms with Crippen molar-refractivity contribution in [3.8, 4) is 11.1 Å². The van der Waals surface area contributed by atoms with Gasteiger partial charge in [0.25, 0.3) is 0 Å². The van der Waals surface area contributed by atoms with Crippen molar-refractivity contribution in [2.45, 2.75) is 63.8 Å². The zero-order valence-corrected chi connectivity index (χ0v) is 16.5. The third kappa shape index (κ3) is 2.95. The van der Waals surface area contributed by atoms with Gasteiger partial charge in [0.1, 0.15) is 11.7 Å². The van der Waals surface area contributed by atoms with Crippen molar-refractivity contribution in [2.75, 3.05) is 0 Å². The van der Waals surface area contributed by atoms with Gasteiger partial charge in [-0.15, -0.1) is 0 Å². The standard InChI is InChI=1S/C24H26FNO2/c1-3-16-9-12-19(17-7-10-18(25)11-8-17)15(2)20(16)21-22(27)24(26-23(21)28)13-5-4-6-14-24/h7-12,21H,3-6,13-14H2,1-2H3,(H,26,28). The van der Waals surface area contributed by atoms with Gasteiger partial charge in [-0.2, -0.15) is 0 Å². The Morgan fingerprint density at radius 1 is 1.04 bits per heavy atom. The van der Waals surface area contributed by atoms with E-state index in [4.69, 9.17) is 0 Å². The number of hydrogen-bond acceptors (Lipinski definition) is 2. The lowest BCUT2D eigenvalue weighted by molar-refractivity contribution is -0.125. The van der Waals surface area contributed by atoms with Gasteiger partial charge in [0, 0.05) is 0 Å². The van der Waals surface area contributed by atoms with E-state index in [1.165, 1.54) is 12.1 Å². The van der Waals surface area contributed by atoms with E-state index in [0.717, 1.165) is 66.3 Å². The number of carbonyl (C=O) groups excluding carboxylic acids is 2. The summed E-state index contributed by atoms with van der Waals surface area (Å²) >= 11 is 0. The van der Waals surface area contributed by atoms with Gasteiger partial charge in [-0.3, -0.25) is 9.59 Å². The number of benzene rings is 2. The van der Waals surface area contributed by atoms with Crippen molar-refractivity contribution in [3.05, 3.63) is 58.9 Å². The second-order valence-electron chi connectivity index (χ2n) is 8.10. The second kappa shape index (κ2) is 7.16. The zero-order chi connectivity index (χ0) is 19.9. The van der Waals surface area contributed by atoms with Crippen molar-refractivity contribution < 1.29 is 14.0 Å². The largest absolute Gasteiger partial charge is 0.343 e. The Hall–Kier alpha value is -2.49. The normalized spacial score (nSPS) is 21.2. The summed E-state index contributed by atoms with van der Waals surface area (Å²) in [5.74, 6) is -1.16. The van der Waals surface area contributed by atoms with Crippen LogP contribution in [0.15, 0.2) is 36.4 Å². The summed E-state index contributed by atoms with van der Waals surface area (Å²) in [6.07, 6.45) is 5.32. The SMILES string of the molecule is CCc1ccc(-c2ccc(F)cc2)c(C)c1C1C(=O)NC2(CCCCC2)C1=O. The van der Waals surface area contributed by atoms with Crippen LogP contribution >= 0.6 is 0 Å². The molecule has 2 aromatic rings. The Kier molecular flexibility index (Phi) is 4.82. The molecule has 4 rings (SSSR count). The summed E-state index contributed by atoms with van der Waals surface area (Å²) in [7, 11) is 0. The highest BCUT2D eigenvalue weighted by Gasteiger charge is 2.53. The van der Waals surface area contributed by atoms with Gasteiger partial charge >= 0.3 is 0 Å². The molecule has 1 saturated carbocycles. The van der Waals surface area contributed by atoms with E-state index < -0.39 is 11.5 Å². The van der Waals surface area contributed by atoms with Gasteiger partial charge in [-0.1, -0.05) is 50.5 Å². The van der Waals surface area contributed by atoms with Crippen molar-refractivity contribution in [1.82, 2.24) is 5.32 Å². The molecule has 1 aliphatic carbocycles. The van der Waals surface area contributed by atoms with Crippen LogP contribution in [-0.4, -0.2) is 17.2 Å². The highest BCUT2D eigenvalue weighted by molar-refractivity contribution is 6.17. The molecule has 2 fully saturated rings. The van der Waals surface area contributed by atoms with Crippen LogP contribution in [0.5, 0.6) is 0 Å². The number of nitrogens with one attached hydrogen (secondary N) is 1. The van der Waals surface area contributed by atoms with Crippen LogP contribution in [0.3, 0.4) is 0 Å². The summed E-state index contributed by atoms with van der Waals surface area (Å²) in [5, 5.41) is 3.07. The van der Waals surface area contributed by atoms with Gasteiger partial charge in [0.15, 0.2) is 5.78 Å². The molecular weight excluding hydrogens is 353 g/mol. The highest BCUT2D eigenvalue weighted by Crippen LogP contribution is 2.42. The van der Waals surface area contributed by atoms with Gasteiger partial charge in [0.05, 0.1) is 5.54 Å². The minimum atomic E-state index is -0.742. The molecule has 2 aromatic carbocycles. The fourth-order valence-corrected chi connectivity index (χ4v) is 4.99. The number of ketones is 1. The van der Waals surface area contributed by atoms with E-state index in [1.54, 1.807) is 12.1 Å². The lowest BCUT2D eigenvalue weighted by atomic mass is 9.75. The average Bonchev–Trinajstić information content (AvgIpc) is 2.92. The predicted octanol–water partition coefficient (Wildman–Crippen LogP) is 4.85. The molecule has 2 aliphatic rings. The van der Waals surface area contributed by atoms with Crippen LogP contribution in [-0.2, 0) is 16.0 Å². The molecule has 28 heavy (non-hydrogen) atoms. The second-order valence-corrected chi connectivity index (χ2v) is 8.10. The zero-order valence-electron chi connectivity index (χ0n) is 16.5. The molecule has 1 atom stereocenters. The quantitative estimate of drug-likeness (QED) is 0.775. The molecule has 1 aliphatic heterocycles. The van der Waals surface area contributed by atoms with Crippen molar-refractivity contribution in [2.24, 2.45) is 0 Å². The molecule has 4 heteroatoms. The first-order chi connectivity index (χ1) is 13.5. The molecule has 0 bridgehead atoms. The molecule has 1 saturated heterocycles. The monoisotopic (exact) mass is 379 g/mol. The fraction of sp³-hybridized carbons (Fsp3) is 0.417. The van der Waals surface area contributed by atoms with E-state index in [2.05, 4.69) is 5.32 Å². The van der Waals surface area contributed by atoms with E-state index in [9.17, 15) is 14.0 Å². The summed E-state index contributed by atoms with van der Waals surface area (Å²) in [5.41, 5.74) is 3.97. The van der Waals surface area contributed by atoms with E-state index in [1.807, 2.05) is 26.0 Å². The summed E-state index contributed by atoms with van der Waals surface area (Å²) in [6.45, 7) is 4.02. The van der Waals surface area contributed by atoms with Gasteiger partial charge < -0.3 is 5.32 Å². The molecule has 1 unspecified atom stereocenters. The maximum atomic E-state index is 13.5. The van der Waals surface area contributed by atoms with Gasteiger partial charge in [0.2, 0.25) is 5.91 Å². The summed E-state index contributed by atoms with van der Waals surface area (Å²) in [4.78, 5) is 26.5. The fourth-order valence-electron chi connectivity index (χ4n) is 4.99. The minimum Gasteiger partial charge on any atom is -0.343 e. The molecule has 1 N–H and O–H groups in total. The summed E-state index contributed by atoms with van der Waals surface area (Å²) in [6, 6.07) is 10.4. The molecular formula is C24H26FNO2. The Labute approximate surface area is 165 Å². The van der Waals surface area contributed by atoms with E-state index in [-0.39, 0.29) is 17.5 Å². The van der Waals surface area contributed by atoms with Crippen LogP contribution in [0.2, 0.25) is 0 Å². The molecule has 1 heterocycles. The Balaban J connectivity index is 1.82. The van der Waals surface area contributed by atoms with Crippen molar-refractivity contribution in [3.63, 3.8) is 0 Å². The van der Waals surface area contributed by atoms with Gasteiger partial charge in [-0.25, -0.2) is 4.39 Å². The Morgan fingerprint density at radius 2 is 1.71 bits per heavy atom. The molecule has 1 spiro atoms. The number of amides is 1. The lowest BCUT2D eigenvalue weighted by Gasteiger charge is -2.31. The van der Waals surface area contributed by atoms with Crippen LogP contribution in [0, 0.1) is 12.7 Å². The van der Waals surface area contributed by atoms with E-state index in [0.29, 0.717) is 0 Å². The molecule has 0 aromatic heterocycles. The first-order valence-corrected chi connectivity index (χ1v) is 10.2. The number of aryl methyl sites for hydroxylation is 1. The minimum absolute atomic E-state index is 0.0336. The van der Waals surface area contributed by atoms with Crippen LogP contribution in [0.4, 0.5) is 4.39 Å². The topological polar surface area (TPSA) is 46.2 Å². The maximum absolute atomic E-state index is 13.5. The molecule has 3 nitrogen and oxygen atoms in total. The molecule has 0 radical (unpaired) electrons. The highest BCUT2D eigenvalue weighted by atomic mass is 19.1. The van der Waals surface area contributed by atoms with Crippen molar-refractivity contribution >= 4 is 11.7 Å². The molecule has 146 valence electrons. The van der Waals surface area contributed by atoms with Crippen LogP contribution in [0.1, 0.15) is 61.6 Å². The smallest absolute Gasteiger partial charge is 0.235 e. The van der Waals surface area contributed by atoms with E-state index >= 15 is 0 Å². The van der Waals surface area contributed by atoms with Gasteiger partial charge in [-0.05, 0) is 66.1 Å². The van der Waals surface area contributed by atoms with Crippen molar-refractivity contribution in [1.29, 1.82) is 0 Å². The first-order valence-electron chi connectivity index (χ1n) is 10.2. The number of rotatable bonds is 3. The lowest BCUT2D eigenvalue weighted by Crippen LogP contribution is -2.47. The third-order valence-electron chi connectivity index (χ3n) is 6.50. The maximum Gasteiger partial charge on any atom is 0.235 e. The van der Waals surface area contributed by atoms with Crippen LogP contribution < -0.4 is 5.32 Å². The average molecular weight is 379 g/mol. The number of Topliss-reactive ketones (excluding diaryl/α,β-unsaturated/α-hetero) is 1. The number of halogens is 1. The number of hydrogen-bond donors (Lipinski definition) is 1. The molecule has 1 amide bonds. The van der Waals surface area contributed by atoms with Crippen LogP contribution in [0.25, 0.3) is 11.1 Å². The Morgan fingerprint density at radius 3 is 2.36 bits per heavy atom. The predicted molar refractivity (Wildman–Crippen MR) is 108 cm³/mol. The first kappa shape index (κ1) is 18.9. The third-order valence-corrected chi connectivity index (χ3v) is 6.50.